The van der Waals surface area contributed by atoms with Crippen molar-refractivity contribution >= 4 is 23.2 Å². The van der Waals surface area contributed by atoms with Crippen molar-refractivity contribution in [3.63, 3.8) is 0 Å². The number of aliphatic hydroxyl groups is 2. The lowest BCUT2D eigenvalue weighted by atomic mass is 9.87. The summed E-state index contributed by atoms with van der Waals surface area (Å²) in [6.45, 7) is 4.37. The maximum Gasteiger partial charge on any atom is 0.274 e. The van der Waals surface area contributed by atoms with Crippen LogP contribution in [0.1, 0.15) is 65.3 Å². The number of carbonyl (C=O) groups excluding carboxylic acids is 1. The number of hydrogen-bond acceptors (Lipinski definition) is 5. The van der Waals surface area contributed by atoms with E-state index in [4.69, 9.17) is 16.7 Å². The molecule has 1 amide bonds. The van der Waals surface area contributed by atoms with Gasteiger partial charge in [-0.25, -0.2) is 4.39 Å². The molecule has 1 saturated carbocycles. The van der Waals surface area contributed by atoms with E-state index in [1.807, 2.05) is 23.7 Å². The number of nitrogens with zero attached hydrogens (tertiary/aromatic N) is 4. The molecule has 9 heteroatoms. The van der Waals surface area contributed by atoms with Gasteiger partial charge in [0.15, 0.2) is 5.69 Å². The molecule has 3 heterocycles. The molecular formula is C27H34ClFN4O3. The quantitative estimate of drug-likeness (QED) is 0.636. The third-order valence-electron chi connectivity index (χ3n) is 8.91. The van der Waals surface area contributed by atoms with Crippen LogP contribution in [0.25, 0.3) is 0 Å². The average molecular weight is 517 g/mol. The fourth-order valence-electron chi connectivity index (χ4n) is 6.43. The zero-order chi connectivity index (χ0) is 25.2. The van der Waals surface area contributed by atoms with Crippen LogP contribution in [0.3, 0.4) is 0 Å². The summed E-state index contributed by atoms with van der Waals surface area (Å²) < 4.78 is 16.0. The lowest BCUT2D eigenvalue weighted by molar-refractivity contribution is 0.00316. The molecule has 4 atom stereocenters. The van der Waals surface area contributed by atoms with Crippen LogP contribution in [0.4, 0.5) is 10.1 Å². The number of likely N-dealkylation sites (tertiary alicyclic amines) is 1. The number of rotatable bonds is 5. The van der Waals surface area contributed by atoms with Crippen LogP contribution in [-0.2, 0) is 13.0 Å². The standard InChI is InChI=1S/C27H34ClFN4O3/c1-16-19(28)3-2-4-21(16)31-10-6-27(36,7-11-31)8-12-33-22-14-17-13-18(17)24(22)25(30-33)26(35)32-9-5-23(34)20(29)15-32/h2-4,17-18,20,23,34,36H,5-15H2,1H3/t17-,18-,20-,23+/m1/s1. The van der Waals surface area contributed by atoms with Gasteiger partial charge in [-0.05, 0) is 75.0 Å². The Hall–Kier alpha value is -2.16. The van der Waals surface area contributed by atoms with Gasteiger partial charge >= 0.3 is 0 Å². The van der Waals surface area contributed by atoms with E-state index in [2.05, 4.69) is 11.0 Å². The molecule has 0 unspecified atom stereocenters. The first kappa shape index (κ1) is 24.2. The minimum atomic E-state index is -1.41. The molecule has 3 fully saturated rings. The van der Waals surface area contributed by atoms with Crippen molar-refractivity contribution in [2.45, 2.75) is 75.8 Å². The van der Waals surface area contributed by atoms with Gasteiger partial charge in [0.05, 0.1) is 18.2 Å². The minimum absolute atomic E-state index is 0.0852. The van der Waals surface area contributed by atoms with Gasteiger partial charge in [-0.15, -0.1) is 0 Å². The van der Waals surface area contributed by atoms with E-state index >= 15 is 0 Å². The molecule has 2 saturated heterocycles. The summed E-state index contributed by atoms with van der Waals surface area (Å²) in [5.41, 5.74) is 4.02. The molecule has 0 bridgehead atoms. The maximum atomic E-state index is 14.1. The van der Waals surface area contributed by atoms with Crippen LogP contribution in [-0.4, -0.2) is 74.9 Å². The van der Waals surface area contributed by atoms with Gasteiger partial charge in [0.25, 0.3) is 5.91 Å². The van der Waals surface area contributed by atoms with Gasteiger partial charge in [0.1, 0.15) is 6.17 Å². The zero-order valence-corrected chi connectivity index (χ0v) is 21.4. The highest BCUT2D eigenvalue weighted by molar-refractivity contribution is 6.31. The second-order valence-electron chi connectivity index (χ2n) is 11.2. The Kier molecular flexibility index (Phi) is 6.04. The number of piperidine rings is 2. The molecule has 6 rings (SSSR count). The molecule has 1 aromatic heterocycles. The van der Waals surface area contributed by atoms with E-state index in [1.165, 1.54) is 4.90 Å². The molecule has 1 aromatic carbocycles. The molecule has 194 valence electrons. The van der Waals surface area contributed by atoms with E-state index in [9.17, 15) is 19.4 Å². The first-order valence-corrected chi connectivity index (χ1v) is 13.6. The van der Waals surface area contributed by atoms with Crippen LogP contribution in [0.2, 0.25) is 5.02 Å². The Balaban J connectivity index is 1.14. The summed E-state index contributed by atoms with van der Waals surface area (Å²) in [6, 6.07) is 5.94. The Bertz CT molecular complexity index is 1180. The van der Waals surface area contributed by atoms with Crippen LogP contribution >= 0.6 is 11.6 Å². The molecule has 0 radical (unpaired) electrons. The summed E-state index contributed by atoms with van der Waals surface area (Å²) in [6.07, 6.45) is 1.75. The summed E-state index contributed by atoms with van der Waals surface area (Å²) >= 11 is 6.31. The lowest BCUT2D eigenvalue weighted by Gasteiger charge is -2.40. The first-order valence-electron chi connectivity index (χ1n) is 13.2. The highest BCUT2D eigenvalue weighted by Crippen LogP contribution is 2.57. The van der Waals surface area contributed by atoms with Crippen LogP contribution in [0.15, 0.2) is 18.2 Å². The predicted molar refractivity (Wildman–Crippen MR) is 135 cm³/mol. The molecule has 2 N–H and O–H groups in total. The number of hydrogen-bond donors (Lipinski definition) is 2. The first-order chi connectivity index (χ1) is 17.2. The van der Waals surface area contributed by atoms with Crippen LogP contribution < -0.4 is 4.90 Å². The third-order valence-corrected chi connectivity index (χ3v) is 9.32. The zero-order valence-electron chi connectivity index (χ0n) is 20.7. The highest BCUT2D eigenvalue weighted by Gasteiger charge is 2.50. The van der Waals surface area contributed by atoms with E-state index in [1.54, 1.807) is 0 Å². The third kappa shape index (κ3) is 4.21. The van der Waals surface area contributed by atoms with Crippen LogP contribution in [0, 0.1) is 12.8 Å². The number of carbonyl (C=O) groups is 1. The summed E-state index contributed by atoms with van der Waals surface area (Å²) in [4.78, 5) is 17.1. The number of amides is 1. The smallest absolute Gasteiger partial charge is 0.274 e. The number of alkyl halides is 1. The number of benzene rings is 1. The number of halogens is 2. The predicted octanol–water partition coefficient (Wildman–Crippen LogP) is 3.47. The summed E-state index contributed by atoms with van der Waals surface area (Å²) in [7, 11) is 0. The highest BCUT2D eigenvalue weighted by atomic mass is 35.5. The Morgan fingerprint density at radius 3 is 2.81 bits per heavy atom. The normalized spacial score (nSPS) is 28.7. The molecule has 0 spiro atoms. The van der Waals surface area contributed by atoms with Gasteiger partial charge in [0.2, 0.25) is 0 Å². The molecule has 2 aromatic rings. The number of fused-ring (bicyclic) bond motifs is 3. The van der Waals surface area contributed by atoms with Crippen molar-refractivity contribution in [3.8, 4) is 0 Å². The summed E-state index contributed by atoms with van der Waals surface area (Å²) in [5, 5.41) is 26.6. The number of aliphatic hydroxyl groups excluding tert-OH is 1. The van der Waals surface area contributed by atoms with Crippen molar-refractivity contribution in [1.82, 2.24) is 14.7 Å². The van der Waals surface area contributed by atoms with Crippen molar-refractivity contribution < 1.29 is 19.4 Å². The molecule has 36 heavy (non-hydrogen) atoms. The molecule has 4 aliphatic rings. The van der Waals surface area contributed by atoms with Crippen molar-refractivity contribution in [2.24, 2.45) is 5.92 Å². The van der Waals surface area contributed by atoms with Gasteiger partial charge in [-0.2, -0.15) is 5.10 Å². The van der Waals surface area contributed by atoms with Crippen molar-refractivity contribution in [3.05, 3.63) is 45.7 Å². The second kappa shape index (κ2) is 8.99. The van der Waals surface area contributed by atoms with Gasteiger partial charge < -0.3 is 20.0 Å². The van der Waals surface area contributed by atoms with Gasteiger partial charge in [0, 0.05) is 48.1 Å². The Morgan fingerprint density at radius 2 is 2.06 bits per heavy atom. The van der Waals surface area contributed by atoms with E-state index in [0.717, 1.165) is 53.5 Å². The van der Waals surface area contributed by atoms with Crippen molar-refractivity contribution in [1.29, 1.82) is 0 Å². The molecule has 2 aliphatic heterocycles. The number of aryl methyl sites for hydroxylation is 1. The SMILES string of the molecule is Cc1c(Cl)cccc1N1CCC(O)(CCn2nc(C(=O)N3CC[C@H](O)[C@H](F)C3)c3c2C[C@H]2C[C@@H]32)CC1. The fraction of sp³-hybridized carbons (Fsp3) is 0.630. The average Bonchev–Trinajstić information content (AvgIpc) is 3.38. The Labute approximate surface area is 215 Å². The minimum Gasteiger partial charge on any atom is -0.390 e. The summed E-state index contributed by atoms with van der Waals surface area (Å²) in [5.74, 6) is 0.743. The van der Waals surface area contributed by atoms with E-state index < -0.39 is 17.9 Å². The molecular weight excluding hydrogens is 483 g/mol. The molecule has 2 aliphatic carbocycles. The lowest BCUT2D eigenvalue weighted by Crippen LogP contribution is -2.47. The van der Waals surface area contributed by atoms with Gasteiger partial charge in [-0.1, -0.05) is 17.7 Å². The maximum absolute atomic E-state index is 14.1. The number of aromatic nitrogens is 2. The fourth-order valence-corrected chi connectivity index (χ4v) is 6.60. The largest absolute Gasteiger partial charge is 0.390 e. The topological polar surface area (TPSA) is 81.8 Å². The van der Waals surface area contributed by atoms with Crippen molar-refractivity contribution in [2.75, 3.05) is 31.1 Å². The van der Waals surface area contributed by atoms with Gasteiger partial charge in [-0.3, -0.25) is 9.48 Å². The Morgan fingerprint density at radius 1 is 1.28 bits per heavy atom. The monoisotopic (exact) mass is 516 g/mol. The van der Waals surface area contributed by atoms with E-state index in [0.29, 0.717) is 49.9 Å². The molecule has 7 nitrogen and oxygen atoms in total. The van der Waals surface area contributed by atoms with Crippen LogP contribution in [0.5, 0.6) is 0 Å². The second-order valence-corrected chi connectivity index (χ2v) is 11.6. The number of anilines is 1. The van der Waals surface area contributed by atoms with E-state index in [-0.39, 0.29) is 18.9 Å².